The fourth-order valence-electron chi connectivity index (χ4n) is 2.81. The predicted molar refractivity (Wildman–Crippen MR) is 98.0 cm³/mol. The zero-order valence-electron chi connectivity index (χ0n) is 15.2. The quantitative estimate of drug-likeness (QED) is 0.430. The Kier molecular flexibility index (Phi) is 8.96. The molecule has 0 aliphatic carbocycles. The van der Waals surface area contributed by atoms with E-state index in [0.717, 1.165) is 31.6 Å². The summed E-state index contributed by atoms with van der Waals surface area (Å²) in [4.78, 5) is 0. The van der Waals surface area contributed by atoms with Gasteiger partial charge in [0, 0.05) is 0 Å². The molecule has 1 aromatic rings. The molecule has 1 aromatic carbocycles. The van der Waals surface area contributed by atoms with Gasteiger partial charge in [0.15, 0.2) is 0 Å². The average molecular weight is 303 g/mol. The summed E-state index contributed by atoms with van der Waals surface area (Å²) < 4.78 is 5.93. The fourth-order valence-corrected chi connectivity index (χ4v) is 2.81. The summed E-state index contributed by atoms with van der Waals surface area (Å²) in [6.07, 6.45) is 10.4. The van der Waals surface area contributed by atoms with Crippen LogP contribution in [0.25, 0.3) is 0 Å². The second kappa shape index (κ2) is 10.5. The van der Waals surface area contributed by atoms with E-state index in [1.165, 1.54) is 24.0 Å². The lowest BCUT2D eigenvalue weighted by Gasteiger charge is -2.20. The highest BCUT2D eigenvalue weighted by atomic mass is 16.5. The molecule has 0 fully saturated rings. The van der Waals surface area contributed by atoms with E-state index in [9.17, 15) is 0 Å². The van der Waals surface area contributed by atoms with E-state index in [1.807, 2.05) is 0 Å². The van der Waals surface area contributed by atoms with Gasteiger partial charge in [0.2, 0.25) is 0 Å². The molecule has 1 unspecified atom stereocenters. The Morgan fingerprint density at radius 2 is 1.82 bits per heavy atom. The van der Waals surface area contributed by atoms with Crippen molar-refractivity contribution in [1.29, 1.82) is 0 Å². The Morgan fingerprint density at radius 1 is 1.05 bits per heavy atom. The summed E-state index contributed by atoms with van der Waals surface area (Å²) >= 11 is 0. The second-order valence-electron chi connectivity index (χ2n) is 6.40. The zero-order valence-corrected chi connectivity index (χ0v) is 15.2. The lowest BCUT2D eigenvalue weighted by atomic mass is 9.88. The summed E-state index contributed by atoms with van der Waals surface area (Å²) in [5.41, 5.74) is 2.82. The van der Waals surface area contributed by atoms with Gasteiger partial charge in [0.1, 0.15) is 5.75 Å². The first-order valence-corrected chi connectivity index (χ1v) is 9.05. The normalized spacial score (nSPS) is 13.0. The summed E-state index contributed by atoms with van der Waals surface area (Å²) in [6.45, 7) is 11.9. The lowest BCUT2D eigenvalue weighted by molar-refractivity contribution is 0.313. The van der Waals surface area contributed by atoms with Crippen LogP contribution in [-0.2, 0) is 0 Å². The number of allylic oxidation sites excluding steroid dienone is 2. The van der Waals surface area contributed by atoms with Crippen molar-refractivity contribution in [3.05, 3.63) is 41.5 Å². The lowest BCUT2D eigenvalue weighted by Crippen LogP contribution is -2.04. The highest BCUT2D eigenvalue weighted by Crippen LogP contribution is 2.33. The minimum atomic E-state index is 0.500. The summed E-state index contributed by atoms with van der Waals surface area (Å²) in [5, 5.41) is 0. The standard InChI is InChI=1S/C21H34O/c1-6-9-10-12-18(11-7-2)19-13-14-21(22-15-8-3)20(16-19)17(4)5/h9-10,13-14,16-18H,6-8,11-12,15H2,1-5H3/b10-9-. The van der Waals surface area contributed by atoms with Crippen molar-refractivity contribution in [3.63, 3.8) is 0 Å². The van der Waals surface area contributed by atoms with Crippen LogP contribution in [0.15, 0.2) is 30.4 Å². The third-order valence-corrected chi connectivity index (χ3v) is 4.05. The number of hydrogen-bond donors (Lipinski definition) is 0. The van der Waals surface area contributed by atoms with Crippen molar-refractivity contribution in [3.8, 4) is 5.75 Å². The van der Waals surface area contributed by atoms with Gasteiger partial charge in [-0.1, -0.05) is 65.3 Å². The molecule has 0 heterocycles. The Bertz CT molecular complexity index is 445. The fraction of sp³-hybridized carbons (Fsp3) is 0.619. The molecule has 0 aromatic heterocycles. The molecule has 0 N–H and O–H groups in total. The molecule has 0 amide bonds. The van der Waals surface area contributed by atoms with Crippen LogP contribution in [0, 0.1) is 0 Å². The van der Waals surface area contributed by atoms with E-state index in [4.69, 9.17) is 4.74 Å². The Balaban J connectivity index is 3.00. The molecule has 0 bridgehead atoms. The Hall–Kier alpha value is -1.24. The molecule has 22 heavy (non-hydrogen) atoms. The molecule has 0 saturated heterocycles. The maximum Gasteiger partial charge on any atom is 0.122 e. The van der Waals surface area contributed by atoms with E-state index >= 15 is 0 Å². The molecule has 1 rings (SSSR count). The number of ether oxygens (including phenoxy) is 1. The molecule has 0 radical (unpaired) electrons. The summed E-state index contributed by atoms with van der Waals surface area (Å²) in [6, 6.07) is 6.85. The number of hydrogen-bond acceptors (Lipinski definition) is 1. The molecule has 1 nitrogen and oxygen atoms in total. The third kappa shape index (κ3) is 5.87. The maximum atomic E-state index is 5.93. The first-order valence-electron chi connectivity index (χ1n) is 9.05. The van der Waals surface area contributed by atoms with Crippen molar-refractivity contribution in [2.45, 2.75) is 78.6 Å². The minimum absolute atomic E-state index is 0.500. The van der Waals surface area contributed by atoms with Gasteiger partial charge in [-0.25, -0.2) is 0 Å². The average Bonchev–Trinajstić information content (AvgIpc) is 2.52. The van der Waals surface area contributed by atoms with Gasteiger partial charge in [-0.2, -0.15) is 0 Å². The van der Waals surface area contributed by atoms with E-state index in [0.29, 0.717) is 11.8 Å². The molecule has 0 spiro atoms. The van der Waals surface area contributed by atoms with Crippen LogP contribution in [0.1, 0.15) is 89.7 Å². The van der Waals surface area contributed by atoms with Crippen molar-refractivity contribution >= 4 is 0 Å². The molecule has 124 valence electrons. The maximum absolute atomic E-state index is 5.93. The van der Waals surface area contributed by atoms with Crippen LogP contribution in [0.2, 0.25) is 0 Å². The van der Waals surface area contributed by atoms with Crippen molar-refractivity contribution in [2.24, 2.45) is 0 Å². The largest absolute Gasteiger partial charge is 0.493 e. The van der Waals surface area contributed by atoms with Crippen molar-refractivity contribution in [2.75, 3.05) is 6.61 Å². The van der Waals surface area contributed by atoms with E-state index in [-0.39, 0.29) is 0 Å². The number of benzene rings is 1. The topological polar surface area (TPSA) is 9.23 Å². The van der Waals surface area contributed by atoms with Crippen molar-refractivity contribution in [1.82, 2.24) is 0 Å². The molecular formula is C21H34O. The van der Waals surface area contributed by atoms with Gasteiger partial charge in [-0.05, 0) is 54.7 Å². The van der Waals surface area contributed by atoms with Gasteiger partial charge in [-0.3, -0.25) is 0 Å². The molecule has 1 heteroatoms. The van der Waals surface area contributed by atoms with Crippen LogP contribution in [0.4, 0.5) is 0 Å². The van der Waals surface area contributed by atoms with Gasteiger partial charge in [0.25, 0.3) is 0 Å². The molecule has 0 aliphatic heterocycles. The van der Waals surface area contributed by atoms with Gasteiger partial charge in [0.05, 0.1) is 6.61 Å². The smallest absolute Gasteiger partial charge is 0.122 e. The summed E-state index contributed by atoms with van der Waals surface area (Å²) in [7, 11) is 0. The molecule has 1 atom stereocenters. The Labute approximate surface area is 137 Å². The van der Waals surface area contributed by atoms with Crippen LogP contribution in [-0.4, -0.2) is 6.61 Å². The predicted octanol–water partition coefficient (Wildman–Crippen LogP) is 6.84. The van der Waals surface area contributed by atoms with E-state index in [2.05, 4.69) is 65.0 Å². The Morgan fingerprint density at radius 3 is 2.41 bits per heavy atom. The highest BCUT2D eigenvalue weighted by Gasteiger charge is 2.14. The molecular weight excluding hydrogens is 268 g/mol. The zero-order chi connectivity index (χ0) is 16.4. The minimum Gasteiger partial charge on any atom is -0.493 e. The highest BCUT2D eigenvalue weighted by molar-refractivity contribution is 5.40. The summed E-state index contributed by atoms with van der Waals surface area (Å²) in [5.74, 6) is 2.20. The monoisotopic (exact) mass is 302 g/mol. The second-order valence-corrected chi connectivity index (χ2v) is 6.40. The first kappa shape index (κ1) is 18.8. The van der Waals surface area contributed by atoms with Crippen LogP contribution >= 0.6 is 0 Å². The SMILES string of the molecule is CC/C=C\CC(CCC)c1ccc(OCCC)c(C(C)C)c1. The molecule has 0 aliphatic rings. The number of rotatable bonds is 10. The van der Waals surface area contributed by atoms with E-state index < -0.39 is 0 Å². The van der Waals surface area contributed by atoms with Gasteiger partial charge >= 0.3 is 0 Å². The van der Waals surface area contributed by atoms with Crippen molar-refractivity contribution < 1.29 is 4.74 Å². The first-order chi connectivity index (χ1) is 10.6. The van der Waals surface area contributed by atoms with Crippen LogP contribution in [0.3, 0.4) is 0 Å². The van der Waals surface area contributed by atoms with Gasteiger partial charge in [-0.15, -0.1) is 0 Å². The van der Waals surface area contributed by atoms with Crippen LogP contribution in [0.5, 0.6) is 5.75 Å². The molecule has 0 saturated carbocycles. The van der Waals surface area contributed by atoms with Gasteiger partial charge < -0.3 is 4.74 Å². The van der Waals surface area contributed by atoms with E-state index in [1.54, 1.807) is 0 Å². The van der Waals surface area contributed by atoms with Crippen LogP contribution < -0.4 is 4.74 Å². The third-order valence-electron chi connectivity index (χ3n) is 4.05.